The number of nitrogens with zero attached hydrogens (tertiary/aromatic N) is 1. The van der Waals surface area contributed by atoms with E-state index in [4.69, 9.17) is 10.8 Å². The summed E-state index contributed by atoms with van der Waals surface area (Å²) >= 11 is 0. The minimum absolute atomic E-state index is 0. The lowest BCUT2D eigenvalue weighted by Crippen LogP contribution is -2.14. The smallest absolute Gasteiger partial charge is 0.269 e. The number of nitrogens with two attached hydrogens (primary N) is 1. The Bertz CT molecular complexity index is 302. The Morgan fingerprint density at radius 2 is 1.93 bits per heavy atom. The molecule has 78 valence electrons. The molecule has 0 aliphatic heterocycles. The fourth-order valence-corrected chi connectivity index (χ4v) is 0.949. The van der Waals surface area contributed by atoms with E-state index < -0.39 is 11.0 Å². The van der Waals surface area contributed by atoms with Crippen molar-refractivity contribution in [3.05, 3.63) is 39.9 Å². The first kappa shape index (κ1) is 12.8. The first-order valence-corrected chi connectivity index (χ1v) is 3.76. The van der Waals surface area contributed by atoms with Crippen molar-refractivity contribution in [1.82, 2.24) is 0 Å². The van der Waals surface area contributed by atoms with Crippen LogP contribution in [0.15, 0.2) is 24.3 Å². The van der Waals surface area contributed by atoms with Crippen LogP contribution in [-0.4, -0.2) is 16.6 Å². The van der Waals surface area contributed by atoms with Crippen LogP contribution in [0.2, 0.25) is 0 Å². The standard InChI is InChI=1S/C8H10N2O3.ClH/c9-8(5-11)6-1-3-7(4-2-6)10(12)13;/h1-4,8,11H,5,9H2;1H/t8-;/m1./s1. The summed E-state index contributed by atoms with van der Waals surface area (Å²) in [5, 5.41) is 19.0. The summed E-state index contributed by atoms with van der Waals surface area (Å²) in [6.07, 6.45) is 0. The molecule has 0 aromatic heterocycles. The van der Waals surface area contributed by atoms with E-state index in [9.17, 15) is 10.1 Å². The van der Waals surface area contributed by atoms with Gasteiger partial charge in [0.2, 0.25) is 0 Å². The van der Waals surface area contributed by atoms with Gasteiger partial charge in [-0.2, -0.15) is 0 Å². The molecule has 0 bridgehead atoms. The molecule has 3 N–H and O–H groups in total. The van der Waals surface area contributed by atoms with Crippen molar-refractivity contribution in [1.29, 1.82) is 0 Å². The normalized spacial score (nSPS) is 11.6. The second-order valence-corrected chi connectivity index (χ2v) is 2.64. The number of non-ortho nitro benzene ring substituents is 1. The lowest BCUT2D eigenvalue weighted by atomic mass is 10.1. The molecule has 0 saturated carbocycles. The minimum atomic E-state index is -0.478. The molecule has 0 heterocycles. The Balaban J connectivity index is 0.00000169. The summed E-state index contributed by atoms with van der Waals surface area (Å²) in [4.78, 5) is 9.80. The first-order valence-electron chi connectivity index (χ1n) is 3.76. The number of hydrogen-bond donors (Lipinski definition) is 2. The lowest BCUT2D eigenvalue weighted by molar-refractivity contribution is -0.384. The zero-order valence-corrected chi connectivity index (χ0v) is 8.11. The predicted molar refractivity (Wildman–Crippen MR) is 54.4 cm³/mol. The van der Waals surface area contributed by atoms with Crippen molar-refractivity contribution in [3.8, 4) is 0 Å². The number of nitro benzene ring substituents is 1. The monoisotopic (exact) mass is 218 g/mol. The summed E-state index contributed by atoms with van der Waals surface area (Å²) in [7, 11) is 0. The van der Waals surface area contributed by atoms with E-state index in [1.54, 1.807) is 12.1 Å². The third kappa shape index (κ3) is 2.95. The van der Waals surface area contributed by atoms with E-state index in [1.165, 1.54) is 12.1 Å². The average Bonchev–Trinajstić information content (AvgIpc) is 2.17. The second kappa shape index (κ2) is 5.54. The molecule has 1 aromatic carbocycles. The van der Waals surface area contributed by atoms with Crippen LogP contribution in [0.1, 0.15) is 11.6 Å². The van der Waals surface area contributed by atoms with E-state index in [1.807, 2.05) is 0 Å². The van der Waals surface area contributed by atoms with Crippen molar-refractivity contribution in [2.75, 3.05) is 6.61 Å². The van der Waals surface area contributed by atoms with Crippen LogP contribution < -0.4 is 5.73 Å². The largest absolute Gasteiger partial charge is 0.394 e. The summed E-state index contributed by atoms with van der Waals surface area (Å²) < 4.78 is 0. The van der Waals surface area contributed by atoms with Gasteiger partial charge in [0.25, 0.3) is 5.69 Å². The number of rotatable bonds is 3. The van der Waals surface area contributed by atoms with E-state index >= 15 is 0 Å². The fourth-order valence-electron chi connectivity index (χ4n) is 0.949. The summed E-state index contributed by atoms with van der Waals surface area (Å²) in [5.41, 5.74) is 6.21. The number of benzene rings is 1. The summed E-state index contributed by atoms with van der Waals surface area (Å²) in [6, 6.07) is 5.34. The second-order valence-electron chi connectivity index (χ2n) is 2.64. The van der Waals surface area contributed by atoms with E-state index in [-0.39, 0.29) is 24.7 Å². The van der Waals surface area contributed by atoms with Crippen LogP contribution in [0.25, 0.3) is 0 Å². The van der Waals surface area contributed by atoms with Crippen LogP contribution in [-0.2, 0) is 0 Å². The van der Waals surface area contributed by atoms with E-state index in [0.29, 0.717) is 5.56 Å². The van der Waals surface area contributed by atoms with Gasteiger partial charge < -0.3 is 10.8 Å². The molecule has 5 nitrogen and oxygen atoms in total. The van der Waals surface area contributed by atoms with Gasteiger partial charge in [-0.05, 0) is 5.56 Å². The molecule has 0 spiro atoms. The molecule has 1 atom stereocenters. The molecular weight excluding hydrogens is 208 g/mol. The molecule has 0 radical (unpaired) electrons. The third-order valence-corrected chi connectivity index (χ3v) is 1.73. The molecule has 0 fully saturated rings. The van der Waals surface area contributed by atoms with Gasteiger partial charge in [-0.3, -0.25) is 10.1 Å². The maximum Gasteiger partial charge on any atom is 0.269 e. The van der Waals surface area contributed by atoms with Gasteiger partial charge in [0.15, 0.2) is 0 Å². The van der Waals surface area contributed by atoms with Crippen LogP contribution in [0.4, 0.5) is 5.69 Å². The number of aliphatic hydroxyl groups is 1. The zero-order chi connectivity index (χ0) is 9.84. The highest BCUT2D eigenvalue weighted by atomic mass is 35.5. The Hall–Kier alpha value is -1.17. The molecule has 0 amide bonds. The molecule has 0 aliphatic carbocycles. The number of aliphatic hydroxyl groups excluding tert-OH is 1. The van der Waals surface area contributed by atoms with Gasteiger partial charge in [0.05, 0.1) is 17.6 Å². The molecule has 6 heteroatoms. The minimum Gasteiger partial charge on any atom is -0.394 e. The number of hydrogen-bond acceptors (Lipinski definition) is 4. The predicted octanol–water partition coefficient (Wildman–Crippen LogP) is 1.01. The van der Waals surface area contributed by atoms with Gasteiger partial charge >= 0.3 is 0 Å². The molecule has 0 aliphatic rings. The van der Waals surface area contributed by atoms with Crippen LogP contribution in [0.5, 0.6) is 0 Å². The summed E-state index contributed by atoms with van der Waals surface area (Å²) in [5.74, 6) is 0. The topological polar surface area (TPSA) is 89.4 Å². The molecule has 1 rings (SSSR count). The molecule has 0 saturated heterocycles. The van der Waals surface area contributed by atoms with Gasteiger partial charge in [-0.1, -0.05) is 12.1 Å². The van der Waals surface area contributed by atoms with E-state index in [2.05, 4.69) is 0 Å². The zero-order valence-electron chi connectivity index (χ0n) is 7.29. The Labute approximate surface area is 87.1 Å². The maximum atomic E-state index is 10.3. The fraction of sp³-hybridized carbons (Fsp3) is 0.250. The SMILES string of the molecule is Cl.N[C@H](CO)c1ccc([N+](=O)[O-])cc1. The highest BCUT2D eigenvalue weighted by Gasteiger charge is 2.07. The Morgan fingerprint density at radius 1 is 1.43 bits per heavy atom. The summed E-state index contributed by atoms with van der Waals surface area (Å²) in [6.45, 7) is -0.169. The highest BCUT2D eigenvalue weighted by Crippen LogP contribution is 2.15. The van der Waals surface area contributed by atoms with Crippen LogP contribution >= 0.6 is 12.4 Å². The number of nitro groups is 1. The molecule has 1 aromatic rings. The third-order valence-electron chi connectivity index (χ3n) is 1.73. The van der Waals surface area contributed by atoms with Gasteiger partial charge in [0.1, 0.15) is 0 Å². The van der Waals surface area contributed by atoms with Crippen LogP contribution in [0, 0.1) is 10.1 Å². The average molecular weight is 219 g/mol. The highest BCUT2D eigenvalue weighted by molar-refractivity contribution is 5.85. The molecule has 0 unspecified atom stereocenters. The van der Waals surface area contributed by atoms with E-state index in [0.717, 1.165) is 0 Å². The van der Waals surface area contributed by atoms with Crippen LogP contribution in [0.3, 0.4) is 0 Å². The Kier molecular flexibility index (Phi) is 5.07. The van der Waals surface area contributed by atoms with Gasteiger partial charge in [-0.25, -0.2) is 0 Å². The van der Waals surface area contributed by atoms with Crippen molar-refractivity contribution in [2.45, 2.75) is 6.04 Å². The quantitative estimate of drug-likeness (QED) is 0.585. The molecular formula is C8H11ClN2O3. The van der Waals surface area contributed by atoms with Crippen molar-refractivity contribution in [2.24, 2.45) is 5.73 Å². The van der Waals surface area contributed by atoms with Gasteiger partial charge in [-0.15, -0.1) is 12.4 Å². The van der Waals surface area contributed by atoms with Gasteiger partial charge in [0, 0.05) is 12.1 Å². The van der Waals surface area contributed by atoms with Crippen molar-refractivity contribution < 1.29 is 10.0 Å². The van der Waals surface area contributed by atoms with Crippen molar-refractivity contribution in [3.63, 3.8) is 0 Å². The molecule has 14 heavy (non-hydrogen) atoms. The lowest BCUT2D eigenvalue weighted by Gasteiger charge is -2.06. The number of halogens is 1. The maximum absolute atomic E-state index is 10.3. The Morgan fingerprint density at radius 3 is 2.29 bits per heavy atom. The first-order chi connectivity index (χ1) is 6.15. The van der Waals surface area contributed by atoms with Crippen molar-refractivity contribution >= 4 is 18.1 Å².